The van der Waals surface area contributed by atoms with E-state index in [0.29, 0.717) is 11.7 Å². The first-order chi connectivity index (χ1) is 52.5. The van der Waals surface area contributed by atoms with E-state index in [9.17, 15) is 0 Å². The molecule has 494 valence electrons. The second-order valence-electron chi connectivity index (χ2n) is 27.7. The lowest BCUT2D eigenvalue weighted by atomic mass is 9.67. The Hall–Kier alpha value is -13.5. The summed E-state index contributed by atoms with van der Waals surface area (Å²) in [5, 5.41) is 12.5. The number of aromatic nitrogens is 4. The van der Waals surface area contributed by atoms with Crippen LogP contribution in [0.1, 0.15) is 12.0 Å². The predicted octanol–water partition coefficient (Wildman–Crippen LogP) is 26.8. The smallest absolute Gasteiger partial charge is 0.164 e. The molecule has 6 heteroatoms. The Labute approximate surface area is 616 Å². The lowest BCUT2D eigenvalue weighted by Crippen LogP contribution is -2.21. The van der Waals surface area contributed by atoms with Crippen molar-refractivity contribution in [2.24, 2.45) is 5.92 Å². The molecule has 0 radical (unpaired) electrons. The summed E-state index contributed by atoms with van der Waals surface area (Å²) in [6, 6.07) is 110. The van der Waals surface area contributed by atoms with Gasteiger partial charge >= 0.3 is 0 Å². The number of hydrogen-bond donors (Lipinski definition) is 0. The highest BCUT2D eigenvalue weighted by Gasteiger charge is 2.34. The van der Waals surface area contributed by atoms with E-state index >= 15 is 0 Å². The molecule has 0 spiro atoms. The van der Waals surface area contributed by atoms with Gasteiger partial charge in [-0.3, -0.25) is 0 Å². The molecule has 0 amide bonds. The summed E-state index contributed by atoms with van der Waals surface area (Å²) in [6.45, 7) is 0. The monoisotopic (exact) mass is 1370 g/mol. The number of furan rings is 1. The van der Waals surface area contributed by atoms with Crippen LogP contribution in [0, 0.1) is 5.92 Å². The largest absolute Gasteiger partial charge is 0.455 e. The van der Waals surface area contributed by atoms with Crippen LogP contribution in [-0.2, 0) is 0 Å². The van der Waals surface area contributed by atoms with Crippen molar-refractivity contribution in [1.29, 1.82) is 0 Å². The van der Waals surface area contributed by atoms with Gasteiger partial charge in [-0.1, -0.05) is 322 Å². The molecule has 106 heavy (non-hydrogen) atoms. The molecule has 0 N–H and O–H groups in total. The molecule has 4 aliphatic carbocycles. The summed E-state index contributed by atoms with van der Waals surface area (Å²) in [4.78, 5) is 20.7. The predicted molar refractivity (Wildman–Crippen MR) is 442 cm³/mol. The van der Waals surface area contributed by atoms with Crippen LogP contribution in [0.5, 0.6) is 0 Å². The van der Waals surface area contributed by atoms with Gasteiger partial charge in [0.1, 0.15) is 11.2 Å². The van der Waals surface area contributed by atoms with E-state index < -0.39 is 0 Å². The molecule has 0 bridgehead atoms. The maximum atomic E-state index is 6.71. The highest BCUT2D eigenvalue weighted by atomic mass is 32.1. The van der Waals surface area contributed by atoms with Crippen molar-refractivity contribution in [3.63, 3.8) is 0 Å². The summed E-state index contributed by atoms with van der Waals surface area (Å²) in [6.07, 6.45) is 19.4. The fourth-order valence-corrected chi connectivity index (χ4v) is 17.9. The standard InChI is InChI=1S/C50H32N2O.C50H30N2S/c2*1-3-10-33(11-4-1)43-30-44(34-12-5-2-6-13-34)52-50(51-43)42-29-28-39(48-41-16-7-8-17-45(41)53-49(42)48)32-20-18-31(19-21-32)38-26-24-37-23-22-35-14-9-15-36-25-27-40(38)47(37)46(35)36/h1-13,15-30,47H,14H2;1-30H. The van der Waals surface area contributed by atoms with Crippen LogP contribution in [0.3, 0.4) is 0 Å². The molecule has 0 saturated carbocycles. The van der Waals surface area contributed by atoms with Gasteiger partial charge in [0, 0.05) is 64.7 Å². The van der Waals surface area contributed by atoms with Crippen LogP contribution in [0.15, 0.2) is 390 Å². The van der Waals surface area contributed by atoms with E-state index in [1.807, 2.05) is 72.0 Å². The maximum Gasteiger partial charge on any atom is 0.164 e. The van der Waals surface area contributed by atoms with Gasteiger partial charge < -0.3 is 4.42 Å². The number of rotatable bonds is 10. The molecule has 18 aromatic rings. The van der Waals surface area contributed by atoms with E-state index in [0.717, 1.165) is 101 Å². The minimum atomic E-state index is 0.300. The fraction of sp³-hybridized carbons (Fsp3) is 0.0200. The second kappa shape index (κ2) is 25.2. The van der Waals surface area contributed by atoms with Crippen LogP contribution in [0.2, 0.25) is 0 Å². The summed E-state index contributed by atoms with van der Waals surface area (Å²) < 4.78 is 9.17. The first-order valence-electron chi connectivity index (χ1n) is 36.2. The molecule has 14 aromatic carbocycles. The van der Waals surface area contributed by atoms with Gasteiger partial charge in [0.05, 0.1) is 28.3 Å². The zero-order valence-electron chi connectivity index (χ0n) is 57.5. The average molecular weight is 1370 g/mol. The number of hydrogen-bond acceptors (Lipinski definition) is 6. The number of thiophene rings is 1. The molecule has 1 unspecified atom stereocenters. The Morgan fingerprint density at radius 1 is 0.330 bits per heavy atom. The topological polar surface area (TPSA) is 64.7 Å². The number of para-hydroxylation sites is 1. The minimum Gasteiger partial charge on any atom is -0.455 e. The van der Waals surface area contributed by atoms with Crippen LogP contribution in [-0.4, -0.2) is 19.9 Å². The van der Waals surface area contributed by atoms with Crippen molar-refractivity contribution in [2.45, 2.75) is 6.42 Å². The molecule has 1 atom stereocenters. The van der Waals surface area contributed by atoms with Crippen LogP contribution in [0.4, 0.5) is 0 Å². The van der Waals surface area contributed by atoms with E-state index in [-0.39, 0.29) is 0 Å². The van der Waals surface area contributed by atoms with E-state index in [2.05, 4.69) is 297 Å². The third-order valence-electron chi connectivity index (χ3n) is 21.7. The van der Waals surface area contributed by atoms with Crippen LogP contribution >= 0.6 is 11.3 Å². The lowest BCUT2D eigenvalue weighted by molar-refractivity contribution is 0.669. The van der Waals surface area contributed by atoms with Gasteiger partial charge in [-0.2, -0.15) is 0 Å². The van der Waals surface area contributed by atoms with E-state index in [1.54, 1.807) is 0 Å². The number of allylic oxidation sites excluding steroid dienone is 14. The second-order valence-corrected chi connectivity index (χ2v) is 28.8. The van der Waals surface area contributed by atoms with Gasteiger partial charge in [-0.25, -0.2) is 19.9 Å². The first kappa shape index (κ1) is 61.2. The van der Waals surface area contributed by atoms with E-state index in [1.165, 1.54) is 114 Å². The minimum absolute atomic E-state index is 0.300. The lowest BCUT2D eigenvalue weighted by Gasteiger charge is -2.36. The summed E-state index contributed by atoms with van der Waals surface area (Å²) >= 11 is 1.82. The molecule has 4 aliphatic rings. The van der Waals surface area contributed by atoms with Gasteiger partial charge in [0.2, 0.25) is 0 Å². The normalized spacial score (nSPS) is 14.4. The summed E-state index contributed by atoms with van der Waals surface area (Å²) in [5.41, 5.74) is 28.0. The van der Waals surface area contributed by atoms with E-state index in [4.69, 9.17) is 24.4 Å². The number of nitrogens with zero attached hydrogens (tertiary/aromatic N) is 4. The number of fused-ring (bicyclic) bond motifs is 6. The third-order valence-corrected chi connectivity index (χ3v) is 22.9. The molecular formula is C100H62N4OS. The first-order valence-corrected chi connectivity index (χ1v) is 37.0. The summed E-state index contributed by atoms with van der Waals surface area (Å²) in [7, 11) is 0. The molecule has 4 heterocycles. The molecule has 4 aromatic heterocycles. The van der Waals surface area contributed by atoms with Gasteiger partial charge in [-0.05, 0) is 148 Å². The van der Waals surface area contributed by atoms with Crippen molar-refractivity contribution < 1.29 is 4.42 Å². The zero-order valence-corrected chi connectivity index (χ0v) is 58.3. The number of benzene rings is 14. The van der Waals surface area contributed by atoms with Crippen LogP contribution < -0.4 is 0 Å². The van der Waals surface area contributed by atoms with Crippen molar-refractivity contribution in [3.05, 3.63) is 391 Å². The third kappa shape index (κ3) is 10.4. The Balaban J connectivity index is 0.000000136. The highest BCUT2D eigenvalue weighted by molar-refractivity contribution is 7.26. The van der Waals surface area contributed by atoms with Crippen molar-refractivity contribution in [2.75, 3.05) is 0 Å². The van der Waals surface area contributed by atoms with Gasteiger partial charge in [0.15, 0.2) is 11.6 Å². The average Bonchev–Trinajstić information content (AvgIpc) is 1.05. The molecule has 22 rings (SSSR count). The maximum absolute atomic E-state index is 6.71. The highest BCUT2D eigenvalue weighted by Crippen LogP contribution is 2.52. The molecular weight excluding hydrogens is 1310 g/mol. The van der Waals surface area contributed by atoms with Crippen molar-refractivity contribution >= 4 is 91.3 Å². The molecule has 5 nitrogen and oxygen atoms in total. The molecule has 0 fully saturated rings. The summed E-state index contributed by atoms with van der Waals surface area (Å²) in [5.74, 6) is 1.67. The molecule has 0 saturated heterocycles. The van der Waals surface area contributed by atoms with Crippen molar-refractivity contribution in [1.82, 2.24) is 19.9 Å². The van der Waals surface area contributed by atoms with Crippen LogP contribution in [0.25, 0.3) is 181 Å². The Morgan fingerprint density at radius 3 is 1.46 bits per heavy atom. The zero-order chi connectivity index (χ0) is 69.8. The Bertz CT molecular complexity index is 6720. The molecule has 0 aliphatic heterocycles. The van der Waals surface area contributed by atoms with Gasteiger partial charge in [0.25, 0.3) is 0 Å². The van der Waals surface area contributed by atoms with Gasteiger partial charge in [-0.15, -0.1) is 11.3 Å². The van der Waals surface area contributed by atoms with Crippen molar-refractivity contribution in [3.8, 4) is 101 Å². The quantitative estimate of drug-likeness (QED) is 0.128. The Morgan fingerprint density at radius 2 is 0.830 bits per heavy atom. The Kier molecular flexibility index (Phi) is 14.5. The SMILES string of the molecule is C1=CC2=C3C(=CC=C4C=CC(c5ccc(-c6ccc(-c7nc(-c8ccccc8)cc(-c8ccccc8)n7)c7oc8ccccc8c67)cc5)=C(C=C2)C43)C1.c1ccc(-c2cc(-c3ccccc3)nc(-c3ccc(-c4ccc(-c5ccc6ccc7cccc8ccc5c6c78)cc4)c4c3sc3ccccc34)n2)cc1. The fourth-order valence-electron chi connectivity index (χ4n) is 16.7.